The van der Waals surface area contributed by atoms with Crippen LogP contribution in [0.2, 0.25) is 5.02 Å². The zero-order chi connectivity index (χ0) is 16.6. The number of sulfonamides is 1. The minimum atomic E-state index is -3.77. The van der Waals surface area contributed by atoms with Crippen molar-refractivity contribution in [2.75, 3.05) is 6.54 Å². The van der Waals surface area contributed by atoms with Gasteiger partial charge < -0.3 is 5.11 Å². The van der Waals surface area contributed by atoms with Crippen LogP contribution in [0.5, 0.6) is 0 Å². The molecule has 0 spiro atoms. The van der Waals surface area contributed by atoms with Crippen LogP contribution in [0.3, 0.4) is 0 Å². The molecule has 0 aromatic heterocycles. The Labute approximate surface area is 139 Å². The van der Waals surface area contributed by atoms with Gasteiger partial charge >= 0.3 is 5.97 Å². The van der Waals surface area contributed by atoms with E-state index >= 15 is 0 Å². The number of aromatic carboxylic acids is 1. The van der Waals surface area contributed by atoms with Gasteiger partial charge in [-0.3, -0.25) is 0 Å². The molecule has 120 valence electrons. The smallest absolute Gasteiger partial charge is 0.337 e. The highest BCUT2D eigenvalue weighted by molar-refractivity contribution is 7.89. The summed E-state index contributed by atoms with van der Waals surface area (Å²) >= 11 is 5.80. The fourth-order valence-electron chi connectivity index (χ4n) is 2.65. The van der Waals surface area contributed by atoms with Crippen LogP contribution in [0, 0.1) is 0 Å². The number of carbonyl (C=O) groups is 1. The number of hydrogen-bond donors (Lipinski definition) is 1. The predicted molar refractivity (Wildman–Crippen MR) is 86.2 cm³/mol. The van der Waals surface area contributed by atoms with Crippen molar-refractivity contribution in [3.05, 3.63) is 64.2 Å². The first kappa shape index (κ1) is 16.0. The van der Waals surface area contributed by atoms with E-state index in [1.165, 1.54) is 16.4 Å². The molecule has 3 rings (SSSR count). The maximum atomic E-state index is 12.8. The number of benzene rings is 2. The SMILES string of the molecule is O=C(O)c1cc(S(=O)(=O)N2CCc3ccccc3C2)ccc1Cl. The Morgan fingerprint density at radius 2 is 1.83 bits per heavy atom. The molecule has 0 amide bonds. The number of carboxylic acids is 1. The average Bonchev–Trinajstić information content (AvgIpc) is 2.54. The Balaban J connectivity index is 1.97. The molecule has 2 aromatic rings. The summed E-state index contributed by atoms with van der Waals surface area (Å²) in [7, 11) is -3.77. The van der Waals surface area contributed by atoms with Gasteiger partial charge in [0.1, 0.15) is 0 Å². The summed E-state index contributed by atoms with van der Waals surface area (Å²) in [6, 6.07) is 11.5. The fraction of sp³-hybridized carbons (Fsp3) is 0.188. The summed E-state index contributed by atoms with van der Waals surface area (Å²) in [4.78, 5) is 11.1. The van der Waals surface area contributed by atoms with Gasteiger partial charge in [0, 0.05) is 13.1 Å². The molecule has 7 heteroatoms. The van der Waals surface area contributed by atoms with E-state index in [2.05, 4.69) is 0 Å². The predicted octanol–water partition coefficient (Wildman–Crippen LogP) is 2.79. The van der Waals surface area contributed by atoms with Gasteiger partial charge in [0.2, 0.25) is 10.0 Å². The summed E-state index contributed by atoms with van der Waals surface area (Å²) in [5, 5.41) is 9.12. The fourth-order valence-corrected chi connectivity index (χ4v) is 4.30. The number of rotatable bonds is 3. The van der Waals surface area contributed by atoms with E-state index in [0.29, 0.717) is 13.0 Å². The lowest BCUT2D eigenvalue weighted by Gasteiger charge is -2.28. The first-order chi connectivity index (χ1) is 10.9. The van der Waals surface area contributed by atoms with Crippen LogP contribution < -0.4 is 0 Å². The van der Waals surface area contributed by atoms with Gasteiger partial charge in [0.15, 0.2) is 0 Å². The largest absolute Gasteiger partial charge is 0.478 e. The summed E-state index contributed by atoms with van der Waals surface area (Å²) in [6.45, 7) is 0.647. The zero-order valence-corrected chi connectivity index (χ0v) is 13.6. The van der Waals surface area contributed by atoms with Crippen molar-refractivity contribution in [2.45, 2.75) is 17.9 Å². The highest BCUT2D eigenvalue weighted by atomic mass is 35.5. The molecular formula is C16H14ClNO4S. The van der Waals surface area contributed by atoms with Crippen LogP contribution in [-0.2, 0) is 23.0 Å². The molecule has 2 aromatic carbocycles. The quantitative estimate of drug-likeness (QED) is 0.922. The summed E-state index contributed by atoms with van der Waals surface area (Å²) in [5.41, 5.74) is 1.89. The van der Waals surface area contributed by atoms with Gasteiger partial charge in [0.05, 0.1) is 15.5 Å². The highest BCUT2D eigenvalue weighted by Crippen LogP contribution is 2.27. The molecule has 23 heavy (non-hydrogen) atoms. The van der Waals surface area contributed by atoms with E-state index in [9.17, 15) is 13.2 Å². The summed E-state index contributed by atoms with van der Waals surface area (Å²) in [5.74, 6) is -1.25. The Morgan fingerprint density at radius 3 is 2.52 bits per heavy atom. The minimum Gasteiger partial charge on any atom is -0.478 e. The highest BCUT2D eigenvalue weighted by Gasteiger charge is 2.29. The average molecular weight is 352 g/mol. The standard InChI is InChI=1S/C16H14ClNO4S/c17-15-6-5-13(9-14(15)16(19)20)23(21,22)18-8-7-11-3-1-2-4-12(11)10-18/h1-6,9H,7-8,10H2,(H,19,20). The van der Waals surface area contributed by atoms with Crippen molar-refractivity contribution in [3.63, 3.8) is 0 Å². The number of nitrogens with zero attached hydrogens (tertiary/aromatic N) is 1. The topological polar surface area (TPSA) is 74.7 Å². The second-order valence-corrected chi connectivity index (χ2v) is 7.65. The van der Waals surface area contributed by atoms with Crippen molar-refractivity contribution in [1.82, 2.24) is 4.31 Å². The van der Waals surface area contributed by atoms with E-state index < -0.39 is 16.0 Å². The molecule has 0 bridgehead atoms. The third-order valence-corrected chi connectivity index (χ3v) is 6.07. The van der Waals surface area contributed by atoms with Gasteiger partial charge in [-0.1, -0.05) is 35.9 Å². The van der Waals surface area contributed by atoms with E-state index in [1.807, 2.05) is 24.3 Å². The van der Waals surface area contributed by atoms with Crippen LogP contribution in [0.1, 0.15) is 21.5 Å². The Morgan fingerprint density at radius 1 is 1.13 bits per heavy atom. The monoisotopic (exact) mass is 351 g/mol. The molecule has 0 aliphatic carbocycles. The molecule has 0 saturated carbocycles. The maximum Gasteiger partial charge on any atom is 0.337 e. The molecule has 5 nitrogen and oxygen atoms in total. The zero-order valence-electron chi connectivity index (χ0n) is 12.1. The third-order valence-electron chi connectivity index (χ3n) is 3.90. The van der Waals surface area contributed by atoms with E-state index in [-0.39, 0.29) is 22.0 Å². The lowest BCUT2D eigenvalue weighted by Crippen LogP contribution is -2.36. The lowest BCUT2D eigenvalue weighted by molar-refractivity contribution is 0.0697. The van der Waals surface area contributed by atoms with Gasteiger partial charge in [-0.05, 0) is 35.7 Å². The molecule has 1 heterocycles. The van der Waals surface area contributed by atoms with Crippen molar-refractivity contribution < 1.29 is 18.3 Å². The van der Waals surface area contributed by atoms with Gasteiger partial charge in [0.25, 0.3) is 0 Å². The molecule has 0 unspecified atom stereocenters. The number of fused-ring (bicyclic) bond motifs is 1. The lowest BCUT2D eigenvalue weighted by atomic mass is 10.0. The Bertz CT molecular complexity index is 879. The Hall–Kier alpha value is -1.89. The van der Waals surface area contributed by atoms with Crippen molar-refractivity contribution in [1.29, 1.82) is 0 Å². The van der Waals surface area contributed by atoms with Gasteiger partial charge in [-0.2, -0.15) is 4.31 Å². The Kier molecular flexibility index (Phi) is 4.14. The van der Waals surface area contributed by atoms with Gasteiger partial charge in [-0.25, -0.2) is 13.2 Å². The molecule has 0 saturated heterocycles. The molecule has 1 aliphatic rings. The second kappa shape index (κ2) is 5.96. The number of halogens is 1. The van der Waals surface area contributed by atoms with E-state index in [0.717, 1.165) is 17.2 Å². The van der Waals surface area contributed by atoms with Crippen molar-refractivity contribution in [3.8, 4) is 0 Å². The normalized spacial score (nSPS) is 15.2. The van der Waals surface area contributed by atoms with Gasteiger partial charge in [-0.15, -0.1) is 0 Å². The minimum absolute atomic E-state index is 0.0143. The van der Waals surface area contributed by atoms with Crippen molar-refractivity contribution >= 4 is 27.6 Å². The second-order valence-electron chi connectivity index (χ2n) is 5.30. The van der Waals surface area contributed by atoms with Crippen LogP contribution in [0.25, 0.3) is 0 Å². The summed E-state index contributed by atoms with van der Waals surface area (Å²) in [6.07, 6.45) is 0.634. The van der Waals surface area contributed by atoms with Crippen LogP contribution in [-0.4, -0.2) is 30.3 Å². The molecule has 0 atom stereocenters. The number of carboxylic acid groups (broad SMARTS) is 1. The van der Waals surface area contributed by atoms with Crippen LogP contribution in [0.4, 0.5) is 0 Å². The molecule has 1 aliphatic heterocycles. The van der Waals surface area contributed by atoms with Crippen molar-refractivity contribution in [2.24, 2.45) is 0 Å². The summed E-state index contributed by atoms with van der Waals surface area (Å²) < 4.78 is 26.9. The van der Waals surface area contributed by atoms with Crippen LogP contribution >= 0.6 is 11.6 Å². The molecule has 1 N–H and O–H groups in total. The van der Waals surface area contributed by atoms with E-state index in [4.69, 9.17) is 16.7 Å². The van der Waals surface area contributed by atoms with E-state index in [1.54, 1.807) is 0 Å². The maximum absolute atomic E-state index is 12.8. The molecular weight excluding hydrogens is 338 g/mol. The number of hydrogen-bond acceptors (Lipinski definition) is 3. The molecule has 0 fully saturated rings. The first-order valence-electron chi connectivity index (χ1n) is 6.99. The third kappa shape index (κ3) is 2.97. The first-order valence-corrected chi connectivity index (χ1v) is 8.81. The molecule has 0 radical (unpaired) electrons. The van der Waals surface area contributed by atoms with Crippen LogP contribution in [0.15, 0.2) is 47.4 Å².